The maximum Gasteiger partial charge on any atom is 0.277 e. The SMILES string of the molecule is C[C@@H]1CCC[C@H](C)N1C(=O)CSc1nnc(COc2ccc(Br)cc2)o1. The van der Waals surface area contributed by atoms with Crippen molar-refractivity contribution in [3.05, 3.63) is 34.6 Å². The molecule has 0 spiro atoms. The van der Waals surface area contributed by atoms with Crippen molar-refractivity contribution in [2.75, 3.05) is 5.75 Å². The van der Waals surface area contributed by atoms with E-state index in [1.165, 1.54) is 18.2 Å². The highest BCUT2D eigenvalue weighted by molar-refractivity contribution is 9.10. The fourth-order valence-corrected chi connectivity index (χ4v) is 4.06. The summed E-state index contributed by atoms with van der Waals surface area (Å²) in [6.45, 7) is 4.42. The highest BCUT2D eigenvalue weighted by atomic mass is 79.9. The Bertz CT molecular complexity index is 728. The smallest absolute Gasteiger partial charge is 0.277 e. The summed E-state index contributed by atoms with van der Waals surface area (Å²) in [5.74, 6) is 1.55. The number of amides is 1. The zero-order valence-electron chi connectivity index (χ0n) is 14.9. The zero-order valence-corrected chi connectivity index (χ0v) is 17.3. The van der Waals surface area contributed by atoms with Crippen LogP contribution in [0.4, 0.5) is 0 Å². The molecule has 0 radical (unpaired) electrons. The van der Waals surface area contributed by atoms with Crippen molar-refractivity contribution in [2.45, 2.75) is 57.0 Å². The van der Waals surface area contributed by atoms with E-state index in [0.717, 1.165) is 23.1 Å². The second kappa shape index (κ2) is 8.90. The number of carbonyl (C=O) groups is 1. The average Bonchev–Trinajstić information content (AvgIpc) is 3.07. The number of halogens is 1. The molecule has 0 bridgehead atoms. The quantitative estimate of drug-likeness (QED) is 0.625. The lowest BCUT2D eigenvalue weighted by Gasteiger charge is -2.39. The van der Waals surface area contributed by atoms with Crippen LogP contribution in [0.2, 0.25) is 0 Å². The number of carbonyl (C=O) groups excluding carboxylic acids is 1. The normalized spacial score (nSPS) is 20.2. The lowest BCUT2D eigenvalue weighted by atomic mass is 9.98. The standard InChI is InChI=1S/C18H22BrN3O3S/c1-12-4-3-5-13(2)22(12)17(23)11-26-18-21-20-16(25-18)10-24-15-8-6-14(19)7-9-15/h6-9,12-13H,3-5,10-11H2,1-2H3/t12-,13+. The van der Waals surface area contributed by atoms with Gasteiger partial charge in [0, 0.05) is 16.6 Å². The Labute approximate surface area is 165 Å². The first-order chi connectivity index (χ1) is 12.5. The molecule has 1 aromatic carbocycles. The van der Waals surface area contributed by atoms with E-state index in [1.807, 2.05) is 29.2 Å². The Morgan fingerprint density at radius 1 is 1.27 bits per heavy atom. The van der Waals surface area contributed by atoms with Crippen molar-refractivity contribution in [3.63, 3.8) is 0 Å². The molecule has 2 heterocycles. The van der Waals surface area contributed by atoms with Crippen molar-refractivity contribution in [1.29, 1.82) is 0 Å². The average molecular weight is 440 g/mol. The maximum atomic E-state index is 12.5. The minimum atomic E-state index is 0.126. The van der Waals surface area contributed by atoms with Gasteiger partial charge in [0.2, 0.25) is 5.91 Å². The first-order valence-electron chi connectivity index (χ1n) is 8.67. The van der Waals surface area contributed by atoms with Gasteiger partial charge in [0.25, 0.3) is 11.1 Å². The molecule has 1 fully saturated rings. The van der Waals surface area contributed by atoms with Crippen molar-refractivity contribution in [1.82, 2.24) is 15.1 Å². The third-order valence-corrected chi connectivity index (χ3v) is 5.76. The summed E-state index contributed by atoms with van der Waals surface area (Å²) >= 11 is 4.66. The van der Waals surface area contributed by atoms with Gasteiger partial charge in [0.1, 0.15) is 5.75 Å². The van der Waals surface area contributed by atoms with Crippen LogP contribution in [0.25, 0.3) is 0 Å². The molecule has 0 unspecified atom stereocenters. The van der Waals surface area contributed by atoms with Gasteiger partial charge in [0.05, 0.1) is 5.75 Å². The predicted octanol–water partition coefficient (Wildman–Crippen LogP) is 4.29. The number of piperidine rings is 1. The Morgan fingerprint density at radius 3 is 2.65 bits per heavy atom. The van der Waals surface area contributed by atoms with Crippen LogP contribution in [0.15, 0.2) is 38.4 Å². The van der Waals surface area contributed by atoms with E-state index in [-0.39, 0.29) is 12.5 Å². The first-order valence-corrected chi connectivity index (χ1v) is 10.5. The highest BCUT2D eigenvalue weighted by Crippen LogP contribution is 2.25. The van der Waals surface area contributed by atoms with Crippen LogP contribution < -0.4 is 4.74 Å². The lowest BCUT2D eigenvalue weighted by molar-refractivity contribution is -0.134. The molecule has 1 amide bonds. The lowest BCUT2D eigenvalue weighted by Crippen LogP contribution is -2.48. The van der Waals surface area contributed by atoms with E-state index in [0.29, 0.717) is 29.0 Å². The molecule has 0 N–H and O–H groups in total. The van der Waals surface area contributed by atoms with E-state index in [2.05, 4.69) is 40.0 Å². The van der Waals surface area contributed by atoms with Crippen LogP contribution in [-0.2, 0) is 11.4 Å². The van der Waals surface area contributed by atoms with Gasteiger partial charge in [0.15, 0.2) is 6.61 Å². The Kier molecular flexibility index (Phi) is 6.58. The largest absolute Gasteiger partial charge is 0.484 e. The van der Waals surface area contributed by atoms with E-state index >= 15 is 0 Å². The number of thioether (sulfide) groups is 1. The molecular formula is C18H22BrN3O3S. The number of hydrogen-bond acceptors (Lipinski definition) is 6. The number of ether oxygens (including phenoxy) is 1. The van der Waals surface area contributed by atoms with Gasteiger partial charge in [-0.1, -0.05) is 27.7 Å². The number of benzene rings is 1. The molecule has 1 aromatic heterocycles. The number of rotatable bonds is 6. The van der Waals surface area contributed by atoms with E-state index < -0.39 is 0 Å². The summed E-state index contributed by atoms with van der Waals surface area (Å²) < 4.78 is 12.2. The molecule has 0 aliphatic carbocycles. The van der Waals surface area contributed by atoms with Crippen LogP contribution in [0.1, 0.15) is 39.0 Å². The van der Waals surface area contributed by atoms with Gasteiger partial charge in [-0.15, -0.1) is 10.2 Å². The monoisotopic (exact) mass is 439 g/mol. The summed E-state index contributed by atoms with van der Waals surface area (Å²) in [5, 5.41) is 8.35. The van der Waals surface area contributed by atoms with Crippen LogP contribution in [-0.4, -0.2) is 38.8 Å². The third kappa shape index (κ3) is 5.01. The number of likely N-dealkylation sites (tertiary alicyclic amines) is 1. The van der Waals surface area contributed by atoms with E-state index in [1.54, 1.807) is 0 Å². The van der Waals surface area contributed by atoms with Crippen molar-refractivity contribution in [2.24, 2.45) is 0 Å². The van der Waals surface area contributed by atoms with Gasteiger partial charge >= 0.3 is 0 Å². The zero-order chi connectivity index (χ0) is 18.5. The number of nitrogens with zero attached hydrogens (tertiary/aromatic N) is 3. The molecule has 2 aromatic rings. The van der Waals surface area contributed by atoms with Gasteiger partial charge in [-0.05, 0) is 57.4 Å². The molecule has 1 saturated heterocycles. The molecule has 8 heteroatoms. The Balaban J connectivity index is 1.48. The maximum absolute atomic E-state index is 12.5. The minimum Gasteiger partial charge on any atom is -0.484 e. The summed E-state index contributed by atoms with van der Waals surface area (Å²) in [4.78, 5) is 14.5. The fraction of sp³-hybridized carbons (Fsp3) is 0.500. The molecule has 1 aliphatic rings. The van der Waals surface area contributed by atoms with Crippen LogP contribution >= 0.6 is 27.7 Å². The molecule has 1 aliphatic heterocycles. The van der Waals surface area contributed by atoms with Gasteiger partial charge in [-0.2, -0.15) is 0 Å². The van der Waals surface area contributed by atoms with Gasteiger partial charge in [-0.3, -0.25) is 4.79 Å². The molecule has 26 heavy (non-hydrogen) atoms. The van der Waals surface area contributed by atoms with Crippen molar-refractivity contribution in [3.8, 4) is 5.75 Å². The molecule has 3 rings (SSSR count). The highest BCUT2D eigenvalue weighted by Gasteiger charge is 2.29. The fourth-order valence-electron chi connectivity index (χ4n) is 3.14. The van der Waals surface area contributed by atoms with Crippen LogP contribution in [0.3, 0.4) is 0 Å². The first kappa shape index (κ1) is 19.2. The molecule has 0 saturated carbocycles. The second-order valence-electron chi connectivity index (χ2n) is 6.42. The number of aromatic nitrogens is 2. The molecule has 6 nitrogen and oxygen atoms in total. The second-order valence-corrected chi connectivity index (χ2v) is 8.27. The topological polar surface area (TPSA) is 68.5 Å². The van der Waals surface area contributed by atoms with E-state index in [4.69, 9.17) is 9.15 Å². The third-order valence-electron chi connectivity index (χ3n) is 4.42. The van der Waals surface area contributed by atoms with E-state index in [9.17, 15) is 4.79 Å². The Hall–Kier alpha value is -1.54. The summed E-state index contributed by atoms with van der Waals surface area (Å²) in [6, 6.07) is 8.11. The van der Waals surface area contributed by atoms with Crippen molar-refractivity contribution < 1.29 is 13.9 Å². The van der Waals surface area contributed by atoms with Crippen LogP contribution in [0.5, 0.6) is 5.75 Å². The molecule has 2 atom stereocenters. The summed E-state index contributed by atoms with van der Waals surface area (Å²) in [5.41, 5.74) is 0. The van der Waals surface area contributed by atoms with Gasteiger partial charge in [-0.25, -0.2) is 0 Å². The van der Waals surface area contributed by atoms with Crippen molar-refractivity contribution >= 4 is 33.6 Å². The summed E-state index contributed by atoms with van der Waals surface area (Å²) in [6.07, 6.45) is 3.32. The molecular weight excluding hydrogens is 418 g/mol. The molecule has 140 valence electrons. The minimum absolute atomic E-state index is 0.126. The summed E-state index contributed by atoms with van der Waals surface area (Å²) in [7, 11) is 0. The Morgan fingerprint density at radius 2 is 1.96 bits per heavy atom. The van der Waals surface area contributed by atoms with Crippen LogP contribution in [0, 0.1) is 0 Å². The number of hydrogen-bond donors (Lipinski definition) is 0. The predicted molar refractivity (Wildman–Crippen MR) is 103 cm³/mol. The van der Waals surface area contributed by atoms with Gasteiger partial charge < -0.3 is 14.1 Å².